The Morgan fingerprint density at radius 2 is 2.35 bits per heavy atom. The van der Waals surface area contributed by atoms with Crippen molar-refractivity contribution < 1.29 is 0 Å². The average Bonchev–Trinajstić information content (AvgIpc) is 2.74. The van der Waals surface area contributed by atoms with Gasteiger partial charge in [0.1, 0.15) is 11.2 Å². The standard InChI is InChI=1S/C11H14N4OS/c1-6-13-10(16)8-9(15-17-11(8)14-6)7-3-2-4-12-5-7/h7,12H,2-5H2,1H3,(H,13,14,16). The number of nitrogens with zero attached hydrogens (tertiary/aromatic N) is 2. The summed E-state index contributed by atoms with van der Waals surface area (Å²) in [5.41, 5.74) is 0.868. The fourth-order valence-electron chi connectivity index (χ4n) is 2.35. The maximum atomic E-state index is 12.0. The monoisotopic (exact) mass is 250 g/mol. The molecule has 1 aliphatic heterocycles. The molecule has 0 amide bonds. The van der Waals surface area contributed by atoms with Crippen LogP contribution in [0.2, 0.25) is 0 Å². The first kappa shape index (κ1) is 10.9. The number of fused-ring (bicyclic) bond motifs is 1. The van der Waals surface area contributed by atoms with Gasteiger partial charge in [-0.15, -0.1) is 0 Å². The molecule has 6 heteroatoms. The number of nitrogens with one attached hydrogen (secondary N) is 2. The van der Waals surface area contributed by atoms with Crippen LogP contribution in [0.3, 0.4) is 0 Å². The van der Waals surface area contributed by atoms with Gasteiger partial charge in [0, 0.05) is 12.5 Å². The third-order valence-electron chi connectivity index (χ3n) is 3.17. The minimum atomic E-state index is -0.0539. The van der Waals surface area contributed by atoms with Crippen LogP contribution in [0.1, 0.15) is 30.3 Å². The van der Waals surface area contributed by atoms with E-state index < -0.39 is 0 Å². The number of hydrogen-bond acceptors (Lipinski definition) is 5. The molecule has 5 nitrogen and oxygen atoms in total. The Labute approximate surface area is 102 Å². The van der Waals surface area contributed by atoms with Crippen LogP contribution in [0.25, 0.3) is 10.2 Å². The van der Waals surface area contributed by atoms with Crippen LogP contribution in [-0.4, -0.2) is 27.4 Å². The van der Waals surface area contributed by atoms with E-state index >= 15 is 0 Å². The highest BCUT2D eigenvalue weighted by Crippen LogP contribution is 2.28. The second-order valence-electron chi connectivity index (χ2n) is 4.44. The number of aryl methyl sites for hydroxylation is 1. The average molecular weight is 250 g/mol. The molecule has 1 fully saturated rings. The Kier molecular flexibility index (Phi) is 2.68. The molecular formula is C11H14N4OS. The van der Waals surface area contributed by atoms with Gasteiger partial charge in [0.05, 0.1) is 5.69 Å². The van der Waals surface area contributed by atoms with Gasteiger partial charge in [0.15, 0.2) is 4.83 Å². The fraction of sp³-hybridized carbons (Fsp3) is 0.545. The number of hydrogen-bond donors (Lipinski definition) is 2. The van der Waals surface area contributed by atoms with Gasteiger partial charge in [-0.2, -0.15) is 4.37 Å². The molecule has 3 heterocycles. The van der Waals surface area contributed by atoms with Crippen LogP contribution in [0, 0.1) is 6.92 Å². The number of rotatable bonds is 1. The van der Waals surface area contributed by atoms with Crippen LogP contribution >= 0.6 is 11.5 Å². The van der Waals surface area contributed by atoms with Crippen molar-refractivity contribution in [1.29, 1.82) is 0 Å². The molecule has 2 aromatic heterocycles. The first-order valence-electron chi connectivity index (χ1n) is 5.82. The quantitative estimate of drug-likeness (QED) is 0.796. The molecule has 3 rings (SSSR count). The lowest BCUT2D eigenvalue weighted by molar-refractivity contribution is 0.458. The van der Waals surface area contributed by atoms with Crippen molar-refractivity contribution in [2.75, 3.05) is 13.1 Å². The minimum Gasteiger partial charge on any atom is -0.316 e. The lowest BCUT2D eigenvalue weighted by Crippen LogP contribution is -2.29. The van der Waals surface area contributed by atoms with Gasteiger partial charge in [0.25, 0.3) is 5.56 Å². The van der Waals surface area contributed by atoms with E-state index in [0.29, 0.717) is 17.1 Å². The van der Waals surface area contributed by atoms with E-state index in [2.05, 4.69) is 19.7 Å². The zero-order chi connectivity index (χ0) is 11.8. The molecule has 90 valence electrons. The van der Waals surface area contributed by atoms with Crippen molar-refractivity contribution in [2.24, 2.45) is 0 Å². The molecule has 0 bridgehead atoms. The van der Waals surface area contributed by atoms with Crippen molar-refractivity contribution in [1.82, 2.24) is 19.7 Å². The summed E-state index contributed by atoms with van der Waals surface area (Å²) >= 11 is 1.33. The summed E-state index contributed by atoms with van der Waals surface area (Å²) in [6.07, 6.45) is 2.24. The Morgan fingerprint density at radius 1 is 1.47 bits per heavy atom. The minimum absolute atomic E-state index is 0.0539. The molecule has 1 aliphatic rings. The van der Waals surface area contributed by atoms with Crippen LogP contribution in [-0.2, 0) is 0 Å². The van der Waals surface area contributed by atoms with Crippen molar-refractivity contribution >= 4 is 21.7 Å². The number of H-pyrrole nitrogens is 1. The van der Waals surface area contributed by atoms with E-state index in [9.17, 15) is 4.79 Å². The first-order chi connectivity index (χ1) is 8.25. The van der Waals surface area contributed by atoms with Gasteiger partial charge < -0.3 is 10.3 Å². The van der Waals surface area contributed by atoms with E-state index in [1.54, 1.807) is 6.92 Å². The van der Waals surface area contributed by atoms with E-state index in [0.717, 1.165) is 36.5 Å². The summed E-state index contributed by atoms with van der Waals surface area (Å²) in [6, 6.07) is 0. The summed E-state index contributed by atoms with van der Waals surface area (Å²) in [4.78, 5) is 19.8. The highest BCUT2D eigenvalue weighted by molar-refractivity contribution is 7.12. The molecule has 0 aromatic carbocycles. The lowest BCUT2D eigenvalue weighted by atomic mass is 9.95. The highest BCUT2D eigenvalue weighted by atomic mass is 32.1. The predicted octanol–water partition coefficient (Wildman–Crippen LogP) is 1.16. The predicted molar refractivity (Wildman–Crippen MR) is 67.6 cm³/mol. The van der Waals surface area contributed by atoms with Crippen LogP contribution in [0.15, 0.2) is 4.79 Å². The Bertz CT molecular complexity index is 597. The zero-order valence-electron chi connectivity index (χ0n) is 9.62. The topological polar surface area (TPSA) is 70.7 Å². The molecule has 2 aromatic rings. The molecule has 1 unspecified atom stereocenters. The summed E-state index contributed by atoms with van der Waals surface area (Å²) in [6.45, 7) is 3.76. The van der Waals surface area contributed by atoms with Crippen molar-refractivity contribution in [3.63, 3.8) is 0 Å². The third-order valence-corrected chi connectivity index (χ3v) is 3.93. The number of aromatic amines is 1. The molecule has 1 atom stereocenters. The zero-order valence-corrected chi connectivity index (χ0v) is 10.4. The van der Waals surface area contributed by atoms with Crippen molar-refractivity contribution in [2.45, 2.75) is 25.7 Å². The molecule has 0 saturated carbocycles. The van der Waals surface area contributed by atoms with E-state index in [-0.39, 0.29) is 5.56 Å². The molecular weight excluding hydrogens is 236 g/mol. The van der Waals surface area contributed by atoms with E-state index in [4.69, 9.17) is 0 Å². The van der Waals surface area contributed by atoms with Crippen molar-refractivity contribution in [3.8, 4) is 0 Å². The fourth-order valence-corrected chi connectivity index (χ4v) is 3.25. The summed E-state index contributed by atoms with van der Waals surface area (Å²) in [5.74, 6) is 1.00. The molecule has 0 radical (unpaired) electrons. The van der Waals surface area contributed by atoms with Gasteiger partial charge in [0.2, 0.25) is 0 Å². The van der Waals surface area contributed by atoms with Gasteiger partial charge in [-0.1, -0.05) is 0 Å². The molecule has 0 aliphatic carbocycles. The van der Waals surface area contributed by atoms with E-state index in [1.807, 2.05) is 0 Å². The largest absolute Gasteiger partial charge is 0.316 e. The summed E-state index contributed by atoms with van der Waals surface area (Å²) in [7, 11) is 0. The lowest BCUT2D eigenvalue weighted by Gasteiger charge is -2.20. The second-order valence-corrected chi connectivity index (χ2v) is 5.19. The SMILES string of the molecule is Cc1nc2snc(C3CCCNC3)c2c(=O)[nH]1. The van der Waals surface area contributed by atoms with Crippen LogP contribution in [0.5, 0.6) is 0 Å². The summed E-state index contributed by atoms with van der Waals surface area (Å²) in [5, 5.41) is 4.04. The Hall–Kier alpha value is -1.27. The highest BCUT2D eigenvalue weighted by Gasteiger charge is 2.22. The smallest absolute Gasteiger partial charge is 0.261 e. The maximum Gasteiger partial charge on any atom is 0.261 e. The maximum absolute atomic E-state index is 12.0. The number of aromatic nitrogens is 3. The van der Waals surface area contributed by atoms with Crippen LogP contribution < -0.4 is 10.9 Å². The Morgan fingerprint density at radius 3 is 3.12 bits per heavy atom. The van der Waals surface area contributed by atoms with E-state index in [1.165, 1.54) is 11.5 Å². The molecule has 1 saturated heterocycles. The number of piperidine rings is 1. The van der Waals surface area contributed by atoms with Crippen LogP contribution in [0.4, 0.5) is 0 Å². The van der Waals surface area contributed by atoms with Gasteiger partial charge in [-0.25, -0.2) is 4.98 Å². The van der Waals surface area contributed by atoms with Gasteiger partial charge in [-0.05, 0) is 37.8 Å². The normalized spacial score (nSPS) is 20.9. The Balaban J connectivity index is 2.14. The second kappa shape index (κ2) is 4.19. The third kappa shape index (κ3) is 1.87. The van der Waals surface area contributed by atoms with Gasteiger partial charge in [-0.3, -0.25) is 4.79 Å². The first-order valence-corrected chi connectivity index (χ1v) is 6.60. The molecule has 17 heavy (non-hydrogen) atoms. The van der Waals surface area contributed by atoms with Gasteiger partial charge >= 0.3 is 0 Å². The molecule has 2 N–H and O–H groups in total. The molecule has 0 spiro atoms. The summed E-state index contributed by atoms with van der Waals surface area (Å²) < 4.78 is 4.44. The van der Waals surface area contributed by atoms with Crippen molar-refractivity contribution in [3.05, 3.63) is 21.9 Å².